The first-order valence-electron chi connectivity index (χ1n) is 20.1. The highest BCUT2D eigenvalue weighted by Crippen LogP contribution is 2.58. The molecule has 0 radical (unpaired) electrons. The molecule has 3 heteroatoms. The summed E-state index contributed by atoms with van der Waals surface area (Å²) in [7, 11) is 0. The molecule has 0 fully saturated rings. The Morgan fingerprint density at radius 3 is 1.78 bits per heavy atom. The van der Waals surface area contributed by atoms with Crippen molar-refractivity contribution in [3.05, 3.63) is 183 Å². The van der Waals surface area contributed by atoms with Gasteiger partial charge in [-0.05, 0) is 113 Å². The van der Waals surface area contributed by atoms with Gasteiger partial charge in [0.2, 0.25) is 0 Å². The van der Waals surface area contributed by atoms with Crippen molar-refractivity contribution in [2.75, 3.05) is 9.80 Å². The van der Waals surface area contributed by atoms with Crippen molar-refractivity contribution < 1.29 is 0 Å². The molecule has 3 nitrogen and oxygen atoms in total. The number of benzene rings is 5. The Labute approximate surface area is 323 Å². The monoisotopic (exact) mass is 709 g/mol. The molecule has 5 heterocycles. The van der Waals surface area contributed by atoms with Gasteiger partial charge in [-0.3, -0.25) is 0 Å². The number of aromatic nitrogens is 1. The summed E-state index contributed by atoms with van der Waals surface area (Å²) in [6, 6.07) is 35.0. The van der Waals surface area contributed by atoms with E-state index in [9.17, 15) is 0 Å². The third kappa shape index (κ3) is 4.06. The third-order valence-electron chi connectivity index (χ3n) is 13.5. The first kappa shape index (κ1) is 31.3. The van der Waals surface area contributed by atoms with Crippen LogP contribution >= 0.6 is 0 Å². The number of nitrogens with zero attached hydrogens (tertiary/aromatic N) is 3. The summed E-state index contributed by atoms with van der Waals surface area (Å²) in [5.41, 5.74) is 22.0. The Bertz CT molecular complexity index is 2930. The maximum atomic E-state index is 2.67. The van der Waals surface area contributed by atoms with Gasteiger partial charge in [0.1, 0.15) is 0 Å². The van der Waals surface area contributed by atoms with Crippen LogP contribution in [0.25, 0.3) is 39.6 Å². The molecule has 4 aliphatic heterocycles. The summed E-state index contributed by atoms with van der Waals surface area (Å²) in [6.07, 6.45) is 22.8. The lowest BCUT2D eigenvalue weighted by Crippen LogP contribution is -2.33. The molecule has 266 valence electrons. The summed E-state index contributed by atoms with van der Waals surface area (Å²) in [4.78, 5) is 5.14. The molecule has 0 bridgehead atoms. The fourth-order valence-electron chi connectivity index (χ4n) is 10.8. The number of hydrogen-bond acceptors (Lipinski definition) is 2. The molecule has 6 aliphatic rings. The van der Waals surface area contributed by atoms with Gasteiger partial charge < -0.3 is 14.4 Å². The number of para-hydroxylation sites is 3. The molecule has 0 saturated carbocycles. The van der Waals surface area contributed by atoms with E-state index >= 15 is 0 Å². The normalized spacial score (nSPS) is 19.1. The van der Waals surface area contributed by atoms with Crippen LogP contribution < -0.4 is 9.80 Å². The molecule has 0 amide bonds. The van der Waals surface area contributed by atoms with Gasteiger partial charge in [0.05, 0.1) is 28.1 Å². The van der Waals surface area contributed by atoms with Crippen LogP contribution in [0.3, 0.4) is 0 Å². The highest BCUT2D eigenvalue weighted by molar-refractivity contribution is 6.16. The molecule has 2 aliphatic carbocycles. The van der Waals surface area contributed by atoms with Crippen molar-refractivity contribution in [1.82, 2.24) is 4.57 Å². The summed E-state index contributed by atoms with van der Waals surface area (Å²) in [6.45, 7) is 9.80. The van der Waals surface area contributed by atoms with Crippen molar-refractivity contribution in [3.63, 3.8) is 0 Å². The van der Waals surface area contributed by atoms with Crippen molar-refractivity contribution >= 4 is 56.7 Å². The van der Waals surface area contributed by atoms with Crippen LogP contribution in [0.5, 0.6) is 0 Å². The number of rotatable bonds is 2. The predicted molar refractivity (Wildman–Crippen MR) is 231 cm³/mol. The summed E-state index contributed by atoms with van der Waals surface area (Å²) in [5.74, 6) is 0. The highest BCUT2D eigenvalue weighted by Gasteiger charge is 2.44. The SMILES string of the molecule is CC1(C)c2cccc3c2-n2c4c1cc(N1C5=C(C=Cc6ccccc61)CCC=C5)cc4c1cc(N4C5=C(C=CCC5)C=Cc5ccccc54)cc(c12)C3(C)C. The minimum atomic E-state index is -0.215. The van der Waals surface area contributed by atoms with Crippen molar-refractivity contribution in [3.8, 4) is 5.69 Å². The van der Waals surface area contributed by atoms with E-state index in [0.717, 1.165) is 25.7 Å². The number of fused-ring (bicyclic) bond motifs is 3. The van der Waals surface area contributed by atoms with E-state index < -0.39 is 0 Å². The van der Waals surface area contributed by atoms with Gasteiger partial charge in [0.25, 0.3) is 0 Å². The van der Waals surface area contributed by atoms with E-state index in [2.05, 4.69) is 182 Å². The third-order valence-corrected chi connectivity index (χ3v) is 13.5. The summed E-state index contributed by atoms with van der Waals surface area (Å²) in [5, 5.41) is 2.65. The Morgan fingerprint density at radius 1 is 0.509 bits per heavy atom. The van der Waals surface area contributed by atoms with Crippen molar-refractivity contribution in [2.24, 2.45) is 0 Å². The lowest BCUT2D eigenvalue weighted by atomic mass is 9.68. The molecule has 0 atom stereocenters. The van der Waals surface area contributed by atoms with Crippen LogP contribution in [0.15, 0.2) is 150 Å². The topological polar surface area (TPSA) is 11.4 Å². The van der Waals surface area contributed by atoms with Gasteiger partial charge in [-0.15, -0.1) is 0 Å². The average molecular weight is 710 g/mol. The zero-order chi connectivity index (χ0) is 36.8. The second-order valence-corrected chi connectivity index (χ2v) is 17.2. The zero-order valence-corrected chi connectivity index (χ0v) is 31.9. The maximum Gasteiger partial charge on any atom is 0.0583 e. The molecule has 12 rings (SSSR count). The highest BCUT2D eigenvalue weighted by atomic mass is 15.2. The van der Waals surface area contributed by atoms with E-state index in [4.69, 9.17) is 0 Å². The molecular weight excluding hydrogens is 667 g/mol. The van der Waals surface area contributed by atoms with Gasteiger partial charge in [-0.25, -0.2) is 0 Å². The van der Waals surface area contributed by atoms with E-state index in [0.29, 0.717) is 0 Å². The molecule has 0 N–H and O–H groups in total. The standard InChI is InChI=1S/C52H43N3/c1-51(2)40-18-13-19-41-50(40)55-48-38(28-36(30-42(48)51)53-44-20-9-5-14-32(44)24-25-33-15-6-10-21-45(33)53)39-29-37(31-43(49(39)55)52(41,3)4)54-46-22-11-7-16-34(46)26-27-35-17-8-12-23-47(35)54/h5-7,9,11-16,18-20,22-31H,8,10,17,21H2,1-4H3. The molecule has 55 heavy (non-hydrogen) atoms. The van der Waals surface area contributed by atoms with Crippen molar-refractivity contribution in [1.29, 1.82) is 0 Å². The number of hydrogen-bond donors (Lipinski definition) is 0. The molecule has 6 aromatic rings. The average Bonchev–Trinajstić information content (AvgIpc) is 3.32. The smallest absolute Gasteiger partial charge is 0.0583 e. The van der Waals surface area contributed by atoms with Crippen LogP contribution in [-0.4, -0.2) is 4.57 Å². The molecule has 0 saturated heterocycles. The van der Waals surface area contributed by atoms with Gasteiger partial charge in [0, 0.05) is 44.4 Å². The van der Waals surface area contributed by atoms with Crippen LogP contribution in [0.1, 0.15) is 86.8 Å². The second-order valence-electron chi connectivity index (χ2n) is 17.2. The van der Waals surface area contributed by atoms with E-state index in [1.165, 1.54) is 106 Å². The van der Waals surface area contributed by atoms with Gasteiger partial charge in [0.15, 0.2) is 0 Å². The molecule has 0 spiro atoms. The number of anilines is 4. The largest absolute Gasteiger partial charge is 0.313 e. The van der Waals surface area contributed by atoms with Crippen LogP contribution in [0.2, 0.25) is 0 Å². The van der Waals surface area contributed by atoms with Gasteiger partial charge >= 0.3 is 0 Å². The second kappa shape index (κ2) is 10.8. The predicted octanol–water partition coefficient (Wildman–Crippen LogP) is 13.6. The van der Waals surface area contributed by atoms with Gasteiger partial charge in [-0.1, -0.05) is 125 Å². The van der Waals surface area contributed by atoms with Gasteiger partial charge in [-0.2, -0.15) is 0 Å². The minimum absolute atomic E-state index is 0.213. The van der Waals surface area contributed by atoms with E-state index in [1.807, 2.05) is 0 Å². The Hall–Kier alpha value is -6.06. The minimum Gasteiger partial charge on any atom is -0.313 e. The molecule has 5 aromatic carbocycles. The molecule has 1 aromatic heterocycles. The fraction of sp³-hybridized carbons (Fsp3) is 0.192. The lowest BCUT2D eigenvalue weighted by molar-refractivity contribution is 0.593. The quantitative estimate of drug-likeness (QED) is 0.177. The fourth-order valence-corrected chi connectivity index (χ4v) is 10.8. The molecular formula is C52H43N3. The van der Waals surface area contributed by atoms with Crippen LogP contribution in [-0.2, 0) is 10.8 Å². The summed E-state index contributed by atoms with van der Waals surface area (Å²) >= 11 is 0. The first-order chi connectivity index (χ1) is 26.8. The summed E-state index contributed by atoms with van der Waals surface area (Å²) < 4.78 is 2.67. The Balaban J connectivity index is 1.23. The Morgan fingerprint density at radius 2 is 1.09 bits per heavy atom. The van der Waals surface area contributed by atoms with Crippen LogP contribution in [0.4, 0.5) is 22.7 Å². The van der Waals surface area contributed by atoms with E-state index in [1.54, 1.807) is 0 Å². The number of allylic oxidation sites excluding steroid dienone is 9. The zero-order valence-electron chi connectivity index (χ0n) is 31.9. The maximum absolute atomic E-state index is 2.67. The first-order valence-corrected chi connectivity index (χ1v) is 20.1. The molecule has 0 unspecified atom stereocenters. The van der Waals surface area contributed by atoms with E-state index in [-0.39, 0.29) is 10.8 Å². The van der Waals surface area contributed by atoms with Crippen molar-refractivity contribution in [2.45, 2.75) is 64.2 Å². The Kier molecular flexibility index (Phi) is 6.14. The lowest BCUT2D eigenvalue weighted by Gasteiger charge is -2.42. The van der Waals surface area contributed by atoms with Crippen LogP contribution in [0, 0.1) is 0 Å².